The molecule has 6 nitrogen and oxygen atoms in total. The molecule has 2 aromatic rings. The summed E-state index contributed by atoms with van der Waals surface area (Å²) < 4.78 is 14.1. The van der Waals surface area contributed by atoms with E-state index < -0.39 is 0 Å². The molecule has 1 saturated heterocycles. The Labute approximate surface area is 184 Å². The molecule has 2 N–H and O–H groups in total. The van der Waals surface area contributed by atoms with Gasteiger partial charge in [-0.15, -0.1) is 0 Å². The first-order chi connectivity index (χ1) is 14.8. The van der Waals surface area contributed by atoms with Crippen LogP contribution in [-0.2, 0) is 6.54 Å². The van der Waals surface area contributed by atoms with E-state index in [1.165, 1.54) is 6.07 Å². The van der Waals surface area contributed by atoms with Gasteiger partial charge in [0.25, 0.3) is 5.91 Å². The summed E-state index contributed by atoms with van der Waals surface area (Å²) >= 11 is 0. The Kier molecular flexibility index (Phi) is 7.15. The third-order valence-electron chi connectivity index (χ3n) is 5.11. The smallest absolute Gasteiger partial charge is 0.251 e. The van der Waals surface area contributed by atoms with Crippen molar-refractivity contribution in [2.75, 3.05) is 38.1 Å². The number of para-hydroxylation sites is 1. The van der Waals surface area contributed by atoms with Gasteiger partial charge in [0.15, 0.2) is 5.96 Å². The number of nitrogens with one attached hydrogen (secondary N) is 2. The third-order valence-corrected chi connectivity index (χ3v) is 5.11. The second-order valence-electron chi connectivity index (χ2n) is 8.73. The van der Waals surface area contributed by atoms with Gasteiger partial charge in [-0.3, -0.25) is 9.79 Å². The molecular formula is C24H32FN5O. The number of amides is 1. The lowest BCUT2D eigenvalue weighted by atomic mass is 10.1. The quantitative estimate of drug-likeness (QED) is 0.583. The molecule has 1 heterocycles. The molecule has 2 aromatic carbocycles. The largest absolute Gasteiger partial charge is 0.366 e. The Morgan fingerprint density at radius 2 is 1.77 bits per heavy atom. The number of carbonyl (C=O) groups excluding carboxylic acids is 1. The number of carbonyl (C=O) groups is 1. The van der Waals surface area contributed by atoms with Crippen LogP contribution in [-0.4, -0.2) is 55.5 Å². The van der Waals surface area contributed by atoms with Crippen molar-refractivity contribution >= 4 is 17.6 Å². The molecule has 0 spiro atoms. The van der Waals surface area contributed by atoms with Crippen molar-refractivity contribution in [3.63, 3.8) is 0 Å². The summed E-state index contributed by atoms with van der Waals surface area (Å²) in [7, 11) is 1.76. The van der Waals surface area contributed by atoms with Crippen LogP contribution in [0.5, 0.6) is 0 Å². The van der Waals surface area contributed by atoms with E-state index in [1.54, 1.807) is 13.1 Å². The number of guanidine groups is 1. The zero-order valence-corrected chi connectivity index (χ0v) is 18.8. The highest BCUT2D eigenvalue weighted by Crippen LogP contribution is 2.20. The van der Waals surface area contributed by atoms with Gasteiger partial charge >= 0.3 is 0 Å². The van der Waals surface area contributed by atoms with E-state index in [1.807, 2.05) is 57.2 Å². The van der Waals surface area contributed by atoms with E-state index in [-0.39, 0.29) is 17.3 Å². The van der Waals surface area contributed by atoms with Gasteiger partial charge in [-0.1, -0.05) is 24.3 Å². The zero-order valence-electron chi connectivity index (χ0n) is 18.8. The van der Waals surface area contributed by atoms with Crippen LogP contribution in [0.1, 0.15) is 36.7 Å². The van der Waals surface area contributed by atoms with Crippen LogP contribution in [0.15, 0.2) is 53.5 Å². The van der Waals surface area contributed by atoms with E-state index in [0.717, 1.165) is 37.7 Å². The van der Waals surface area contributed by atoms with E-state index in [2.05, 4.69) is 25.4 Å². The summed E-state index contributed by atoms with van der Waals surface area (Å²) in [4.78, 5) is 21.1. The van der Waals surface area contributed by atoms with E-state index in [4.69, 9.17) is 0 Å². The second-order valence-corrected chi connectivity index (χ2v) is 8.73. The lowest BCUT2D eigenvalue weighted by Crippen LogP contribution is -2.52. The van der Waals surface area contributed by atoms with Crippen molar-refractivity contribution in [1.82, 2.24) is 15.5 Å². The number of halogens is 1. The molecule has 1 amide bonds. The maximum Gasteiger partial charge on any atom is 0.251 e. The van der Waals surface area contributed by atoms with Gasteiger partial charge in [0.2, 0.25) is 0 Å². The Balaban J connectivity index is 1.56. The molecule has 1 fully saturated rings. The predicted molar refractivity (Wildman–Crippen MR) is 124 cm³/mol. The van der Waals surface area contributed by atoms with Gasteiger partial charge in [-0.25, -0.2) is 4.39 Å². The zero-order chi connectivity index (χ0) is 22.4. The summed E-state index contributed by atoms with van der Waals surface area (Å²) in [5.41, 5.74) is 2.02. The van der Waals surface area contributed by atoms with Gasteiger partial charge in [0.05, 0.1) is 5.69 Å². The molecule has 0 aliphatic carbocycles. The molecule has 31 heavy (non-hydrogen) atoms. The Morgan fingerprint density at radius 3 is 2.42 bits per heavy atom. The molecule has 0 atom stereocenters. The third kappa shape index (κ3) is 6.20. The maximum atomic E-state index is 14.1. The number of nitrogens with zero attached hydrogens (tertiary/aromatic N) is 3. The molecule has 0 bridgehead atoms. The topological polar surface area (TPSA) is 60.0 Å². The standard InChI is InChI=1S/C24H32FN5O/c1-24(2,3)28-22(31)19-9-7-8-18(16-19)17-27-23(26-4)30-14-12-29(13-15-30)21-11-6-5-10-20(21)25/h5-11,16H,12-15,17H2,1-4H3,(H,26,27)(H,28,31). The van der Waals surface area contributed by atoms with Crippen LogP contribution in [0.2, 0.25) is 0 Å². The molecule has 0 saturated carbocycles. The van der Waals surface area contributed by atoms with Crippen LogP contribution >= 0.6 is 0 Å². The van der Waals surface area contributed by atoms with Crippen molar-refractivity contribution in [1.29, 1.82) is 0 Å². The lowest BCUT2D eigenvalue weighted by molar-refractivity contribution is 0.0919. The highest BCUT2D eigenvalue weighted by Gasteiger charge is 2.21. The highest BCUT2D eigenvalue weighted by atomic mass is 19.1. The molecule has 3 rings (SSSR count). The summed E-state index contributed by atoms with van der Waals surface area (Å²) in [5.74, 6) is 0.537. The van der Waals surface area contributed by atoms with Gasteiger partial charge in [-0.2, -0.15) is 0 Å². The normalized spacial score (nSPS) is 15.1. The lowest BCUT2D eigenvalue weighted by Gasteiger charge is -2.37. The number of benzene rings is 2. The van der Waals surface area contributed by atoms with Crippen molar-refractivity contribution in [3.05, 3.63) is 65.5 Å². The molecule has 7 heteroatoms. The molecule has 0 radical (unpaired) electrons. The van der Waals surface area contributed by atoms with Crippen molar-refractivity contribution < 1.29 is 9.18 Å². The van der Waals surface area contributed by atoms with Gasteiger partial charge < -0.3 is 20.4 Å². The minimum atomic E-state index is -0.280. The SMILES string of the molecule is CN=C(NCc1cccc(C(=O)NC(C)(C)C)c1)N1CCN(c2ccccc2F)CC1. The first-order valence-electron chi connectivity index (χ1n) is 10.6. The molecule has 1 aliphatic heterocycles. The van der Waals surface area contributed by atoms with Crippen LogP contribution in [0.3, 0.4) is 0 Å². The monoisotopic (exact) mass is 425 g/mol. The van der Waals surface area contributed by atoms with Crippen LogP contribution in [0.4, 0.5) is 10.1 Å². The Morgan fingerprint density at radius 1 is 1.06 bits per heavy atom. The molecule has 1 aliphatic rings. The number of hydrogen-bond donors (Lipinski definition) is 2. The predicted octanol–water partition coefficient (Wildman–Crippen LogP) is 3.25. The van der Waals surface area contributed by atoms with Crippen LogP contribution in [0, 0.1) is 5.82 Å². The van der Waals surface area contributed by atoms with Crippen molar-refractivity contribution in [3.8, 4) is 0 Å². The van der Waals surface area contributed by atoms with Crippen LogP contribution < -0.4 is 15.5 Å². The first kappa shape index (κ1) is 22.6. The number of piperazine rings is 1. The van der Waals surface area contributed by atoms with Gasteiger partial charge in [0.1, 0.15) is 5.82 Å². The summed E-state index contributed by atoms with van der Waals surface area (Å²) in [6.07, 6.45) is 0. The number of rotatable bonds is 4. The average Bonchev–Trinajstić information content (AvgIpc) is 2.74. The van der Waals surface area contributed by atoms with Gasteiger partial charge in [0, 0.05) is 50.9 Å². The van der Waals surface area contributed by atoms with Crippen molar-refractivity contribution in [2.45, 2.75) is 32.9 Å². The van der Waals surface area contributed by atoms with E-state index in [9.17, 15) is 9.18 Å². The highest BCUT2D eigenvalue weighted by molar-refractivity contribution is 5.94. The Hall–Kier alpha value is -3.09. The second kappa shape index (κ2) is 9.81. The number of aliphatic imine (C=N–C) groups is 1. The fraction of sp³-hybridized carbons (Fsp3) is 0.417. The molecule has 166 valence electrons. The molecule has 0 aromatic heterocycles. The minimum absolute atomic E-state index is 0.0806. The average molecular weight is 426 g/mol. The number of anilines is 1. The minimum Gasteiger partial charge on any atom is -0.366 e. The molecule has 0 unspecified atom stereocenters. The van der Waals surface area contributed by atoms with E-state index in [0.29, 0.717) is 17.8 Å². The van der Waals surface area contributed by atoms with Gasteiger partial charge in [-0.05, 0) is 50.6 Å². The summed E-state index contributed by atoms with van der Waals surface area (Å²) in [6, 6.07) is 14.5. The van der Waals surface area contributed by atoms with Crippen LogP contribution in [0.25, 0.3) is 0 Å². The maximum absolute atomic E-state index is 14.1. The van der Waals surface area contributed by atoms with E-state index >= 15 is 0 Å². The Bertz CT molecular complexity index is 930. The fourth-order valence-electron chi connectivity index (χ4n) is 3.62. The molecular weight excluding hydrogens is 393 g/mol. The first-order valence-corrected chi connectivity index (χ1v) is 10.6. The fourth-order valence-corrected chi connectivity index (χ4v) is 3.62. The number of hydrogen-bond acceptors (Lipinski definition) is 3. The summed E-state index contributed by atoms with van der Waals surface area (Å²) in [5, 5.41) is 6.38. The van der Waals surface area contributed by atoms with Crippen molar-refractivity contribution in [2.24, 2.45) is 4.99 Å². The summed E-state index contributed by atoms with van der Waals surface area (Å²) in [6.45, 7) is 9.42.